The number of carbonyl (C=O) groups excluding carboxylic acids is 1. The van der Waals surface area contributed by atoms with Crippen LogP contribution >= 0.6 is 0 Å². The number of carboxylic acid groups (broad SMARTS) is 1. The van der Waals surface area contributed by atoms with Crippen LogP contribution in [0.25, 0.3) is 0 Å². The molecular formula is C36H44N2O6. The maximum atomic E-state index is 14.1. The van der Waals surface area contributed by atoms with Crippen LogP contribution in [-0.2, 0) is 29.0 Å². The third-order valence-corrected chi connectivity index (χ3v) is 9.08. The second-order valence-electron chi connectivity index (χ2n) is 11.8. The lowest BCUT2D eigenvalue weighted by Gasteiger charge is -2.30. The smallest absolute Gasteiger partial charge is 0.309 e. The Bertz CT molecular complexity index is 1460. The van der Waals surface area contributed by atoms with Gasteiger partial charge in [-0.2, -0.15) is 0 Å². The molecule has 2 heterocycles. The number of ether oxygens (including phenoxy) is 3. The van der Waals surface area contributed by atoms with Crippen molar-refractivity contribution >= 4 is 11.9 Å². The molecule has 1 amide bonds. The van der Waals surface area contributed by atoms with E-state index in [-0.39, 0.29) is 18.4 Å². The maximum Gasteiger partial charge on any atom is 0.309 e. The highest BCUT2D eigenvalue weighted by atomic mass is 16.5. The molecule has 8 heteroatoms. The Morgan fingerprint density at radius 2 is 1.77 bits per heavy atom. The van der Waals surface area contributed by atoms with Crippen LogP contribution in [0.1, 0.15) is 66.5 Å². The number of fused-ring (bicyclic) bond motifs is 1. The molecule has 1 N–H and O–H groups in total. The number of carbonyl (C=O) groups is 2. The molecule has 0 aromatic heterocycles. The molecule has 0 saturated carbocycles. The number of unbranched alkanes of at least 4 members (excludes halogenated alkanes) is 1. The Morgan fingerprint density at radius 1 is 1.00 bits per heavy atom. The van der Waals surface area contributed by atoms with E-state index in [0.717, 1.165) is 53.7 Å². The van der Waals surface area contributed by atoms with Gasteiger partial charge in [0.05, 0.1) is 33.3 Å². The molecule has 0 radical (unpaired) electrons. The number of aryl methyl sites for hydroxylation is 1. The van der Waals surface area contributed by atoms with Gasteiger partial charge in [0.1, 0.15) is 17.2 Å². The number of nitrogens with zero attached hydrogens (tertiary/aromatic N) is 2. The molecule has 3 aromatic carbocycles. The third kappa shape index (κ3) is 6.70. The Balaban J connectivity index is 1.47. The van der Waals surface area contributed by atoms with E-state index in [1.54, 1.807) is 14.2 Å². The largest absolute Gasteiger partial charge is 0.497 e. The SMILES string of the molecule is CCCCN(Cc1ccc(OC)cc1OC)C(=O)CN1CC(c2ccc3c(c2)CCO3)C(C(=O)O)C1c1ccc(CC)cc1. The standard InChI is InChI=1S/C36H44N2O6/c1-5-7-17-37(21-28-12-14-29(42-3)20-32(28)43-4)33(39)23-38-22-30(26-13-15-31-27(19-26)16-18-44-31)34(36(40)41)35(38)25-10-8-24(6-2)9-11-25/h8-15,19-20,30,34-35H,5-7,16-18,21-23H2,1-4H3,(H,40,41). The monoisotopic (exact) mass is 600 g/mol. The lowest BCUT2D eigenvalue weighted by atomic mass is 9.82. The van der Waals surface area contributed by atoms with E-state index in [9.17, 15) is 14.7 Å². The molecule has 0 aliphatic carbocycles. The summed E-state index contributed by atoms with van der Waals surface area (Å²) in [5, 5.41) is 10.7. The summed E-state index contributed by atoms with van der Waals surface area (Å²) < 4.78 is 16.7. The second kappa shape index (κ2) is 14.2. The zero-order chi connectivity index (χ0) is 31.2. The van der Waals surface area contributed by atoms with Crippen molar-refractivity contribution in [1.82, 2.24) is 9.80 Å². The van der Waals surface area contributed by atoms with Crippen molar-refractivity contribution in [3.8, 4) is 17.2 Å². The summed E-state index contributed by atoms with van der Waals surface area (Å²) in [5.41, 5.74) is 5.11. The van der Waals surface area contributed by atoms with Crippen molar-refractivity contribution in [3.63, 3.8) is 0 Å². The predicted octanol–water partition coefficient (Wildman–Crippen LogP) is 5.87. The van der Waals surface area contributed by atoms with Crippen molar-refractivity contribution in [2.75, 3.05) is 40.5 Å². The first-order chi connectivity index (χ1) is 21.4. The van der Waals surface area contributed by atoms with Crippen LogP contribution in [-0.4, -0.2) is 67.2 Å². The topological polar surface area (TPSA) is 88.5 Å². The van der Waals surface area contributed by atoms with Gasteiger partial charge in [-0.25, -0.2) is 0 Å². The van der Waals surface area contributed by atoms with E-state index in [2.05, 4.69) is 36.9 Å². The first-order valence-electron chi connectivity index (χ1n) is 15.7. The molecule has 234 valence electrons. The summed E-state index contributed by atoms with van der Waals surface area (Å²) in [4.78, 5) is 31.1. The van der Waals surface area contributed by atoms with E-state index in [4.69, 9.17) is 14.2 Å². The van der Waals surface area contributed by atoms with Crippen LogP contribution in [0.3, 0.4) is 0 Å². The van der Waals surface area contributed by atoms with Crippen molar-refractivity contribution in [1.29, 1.82) is 0 Å². The summed E-state index contributed by atoms with van der Waals surface area (Å²) in [6.45, 7) is 6.44. The van der Waals surface area contributed by atoms with Crippen LogP contribution in [0.5, 0.6) is 17.2 Å². The third-order valence-electron chi connectivity index (χ3n) is 9.08. The predicted molar refractivity (Wildman–Crippen MR) is 170 cm³/mol. The summed E-state index contributed by atoms with van der Waals surface area (Å²) in [5.74, 6) is 0.373. The number of aliphatic carboxylic acids is 1. The minimum atomic E-state index is -0.850. The molecule has 44 heavy (non-hydrogen) atoms. The van der Waals surface area contributed by atoms with Gasteiger partial charge in [-0.1, -0.05) is 56.7 Å². The van der Waals surface area contributed by atoms with Crippen molar-refractivity contribution in [2.24, 2.45) is 5.92 Å². The van der Waals surface area contributed by atoms with Crippen LogP contribution in [0.15, 0.2) is 60.7 Å². The number of likely N-dealkylation sites (tertiary alicyclic amines) is 1. The highest BCUT2D eigenvalue weighted by Gasteiger charge is 2.48. The average Bonchev–Trinajstić information content (AvgIpc) is 3.67. The zero-order valence-electron chi connectivity index (χ0n) is 26.3. The summed E-state index contributed by atoms with van der Waals surface area (Å²) in [6.07, 6.45) is 3.53. The van der Waals surface area contributed by atoms with Crippen LogP contribution < -0.4 is 14.2 Å². The van der Waals surface area contributed by atoms with Gasteiger partial charge in [0.25, 0.3) is 0 Å². The quantitative estimate of drug-likeness (QED) is 0.263. The molecular weight excluding hydrogens is 556 g/mol. The highest BCUT2D eigenvalue weighted by molar-refractivity contribution is 5.79. The number of carboxylic acids is 1. The van der Waals surface area contributed by atoms with E-state index in [0.29, 0.717) is 37.7 Å². The Hall–Kier alpha value is -4.04. The summed E-state index contributed by atoms with van der Waals surface area (Å²) in [6, 6.07) is 19.5. The van der Waals surface area contributed by atoms with Crippen LogP contribution in [0.2, 0.25) is 0 Å². The van der Waals surface area contributed by atoms with Gasteiger partial charge in [0.2, 0.25) is 5.91 Å². The summed E-state index contributed by atoms with van der Waals surface area (Å²) >= 11 is 0. The fourth-order valence-corrected chi connectivity index (χ4v) is 6.62. The van der Waals surface area contributed by atoms with Crippen LogP contribution in [0, 0.1) is 5.92 Å². The number of methoxy groups -OCH3 is 2. The van der Waals surface area contributed by atoms with Gasteiger partial charge in [-0.15, -0.1) is 0 Å². The molecule has 0 spiro atoms. The molecule has 1 fully saturated rings. The highest BCUT2D eigenvalue weighted by Crippen LogP contribution is 2.47. The number of amides is 1. The summed E-state index contributed by atoms with van der Waals surface area (Å²) in [7, 11) is 3.23. The number of hydrogen-bond donors (Lipinski definition) is 1. The molecule has 2 aliphatic rings. The molecule has 2 aliphatic heterocycles. The normalized spacial score (nSPS) is 19.3. The number of rotatable bonds is 13. The lowest BCUT2D eigenvalue weighted by Crippen LogP contribution is -2.41. The fraction of sp³-hybridized carbons (Fsp3) is 0.444. The van der Waals surface area contributed by atoms with Gasteiger partial charge in [-0.3, -0.25) is 14.5 Å². The minimum Gasteiger partial charge on any atom is -0.497 e. The van der Waals surface area contributed by atoms with Crippen LogP contribution in [0.4, 0.5) is 0 Å². The number of hydrogen-bond acceptors (Lipinski definition) is 6. The molecule has 3 atom stereocenters. The van der Waals surface area contributed by atoms with Gasteiger partial charge >= 0.3 is 5.97 Å². The minimum absolute atomic E-state index is 0.0290. The zero-order valence-corrected chi connectivity index (χ0v) is 26.3. The van der Waals surface area contributed by atoms with Gasteiger partial charge in [0.15, 0.2) is 0 Å². The van der Waals surface area contributed by atoms with Gasteiger partial charge < -0.3 is 24.2 Å². The average molecular weight is 601 g/mol. The molecule has 1 saturated heterocycles. The van der Waals surface area contributed by atoms with Gasteiger partial charge in [0, 0.05) is 49.6 Å². The Kier molecular flexibility index (Phi) is 10.1. The van der Waals surface area contributed by atoms with Crippen molar-refractivity contribution in [2.45, 2.75) is 58.0 Å². The lowest BCUT2D eigenvalue weighted by molar-refractivity contribution is -0.144. The van der Waals surface area contributed by atoms with E-state index < -0.39 is 17.9 Å². The van der Waals surface area contributed by atoms with Crippen molar-refractivity contribution in [3.05, 3.63) is 88.5 Å². The molecule has 0 bridgehead atoms. The molecule has 5 rings (SSSR count). The molecule has 3 unspecified atom stereocenters. The maximum absolute atomic E-state index is 14.1. The Morgan fingerprint density at radius 3 is 2.45 bits per heavy atom. The van der Waals surface area contributed by atoms with E-state index in [1.165, 1.54) is 5.56 Å². The van der Waals surface area contributed by atoms with E-state index in [1.807, 2.05) is 47.4 Å². The molecule has 8 nitrogen and oxygen atoms in total. The van der Waals surface area contributed by atoms with Crippen molar-refractivity contribution < 1.29 is 28.9 Å². The second-order valence-corrected chi connectivity index (χ2v) is 11.8. The Labute approximate surface area is 260 Å². The first-order valence-corrected chi connectivity index (χ1v) is 15.7. The first kappa shape index (κ1) is 31.4. The van der Waals surface area contributed by atoms with Gasteiger partial charge in [-0.05, 0) is 53.3 Å². The number of benzene rings is 3. The fourth-order valence-electron chi connectivity index (χ4n) is 6.62. The van der Waals surface area contributed by atoms with E-state index >= 15 is 0 Å². The molecule has 3 aromatic rings.